The van der Waals surface area contributed by atoms with Crippen LogP contribution in [-0.4, -0.2) is 9.79 Å². The van der Waals surface area contributed by atoms with Crippen molar-refractivity contribution in [1.82, 2.24) is 0 Å². The van der Waals surface area contributed by atoms with E-state index in [4.69, 9.17) is 14.4 Å². The summed E-state index contributed by atoms with van der Waals surface area (Å²) >= 11 is 0. The number of hydrogen-bond donors (Lipinski definition) is 2. The molecule has 0 aromatic heterocycles. The van der Waals surface area contributed by atoms with Crippen molar-refractivity contribution in [3.05, 3.63) is 41.5 Å². The van der Waals surface area contributed by atoms with Crippen molar-refractivity contribution in [1.29, 1.82) is 0 Å². The van der Waals surface area contributed by atoms with E-state index in [0.29, 0.717) is 0 Å². The highest BCUT2D eigenvalue weighted by Crippen LogP contribution is 2.11. The van der Waals surface area contributed by atoms with Gasteiger partial charge in [0.2, 0.25) is 0 Å². The number of rotatable bonds is 3. The Balaban J connectivity index is 0.000000487. The zero-order valence-corrected chi connectivity index (χ0v) is 10.5. The molecular formula is C12H18O3P+. The van der Waals surface area contributed by atoms with E-state index < -0.39 is 8.25 Å². The second-order valence-corrected chi connectivity index (χ2v) is 3.68. The summed E-state index contributed by atoms with van der Waals surface area (Å²) in [5.41, 5.74) is 2.83. The first-order valence-electron chi connectivity index (χ1n) is 5.19. The summed E-state index contributed by atoms with van der Waals surface area (Å²) in [5, 5.41) is 0. The molecule has 0 aliphatic rings. The van der Waals surface area contributed by atoms with Crippen LogP contribution >= 0.6 is 8.25 Å². The highest BCUT2D eigenvalue weighted by Gasteiger charge is 1.93. The molecule has 16 heavy (non-hydrogen) atoms. The van der Waals surface area contributed by atoms with Gasteiger partial charge in [0, 0.05) is 4.57 Å². The lowest BCUT2D eigenvalue weighted by Crippen LogP contribution is -1.77. The van der Waals surface area contributed by atoms with Crippen LogP contribution in [0.25, 0.3) is 6.08 Å². The molecule has 88 valence electrons. The predicted molar refractivity (Wildman–Crippen MR) is 67.0 cm³/mol. The highest BCUT2D eigenvalue weighted by atomic mass is 31.1. The van der Waals surface area contributed by atoms with Gasteiger partial charge in [0.15, 0.2) is 0 Å². The molecule has 0 heterocycles. The van der Waals surface area contributed by atoms with E-state index in [1.165, 1.54) is 11.1 Å². The molecule has 4 heteroatoms. The smallest absolute Gasteiger partial charge is 0.134 e. The molecule has 3 nitrogen and oxygen atoms in total. The van der Waals surface area contributed by atoms with Gasteiger partial charge in [0.05, 0.1) is 0 Å². The standard InChI is InChI=1S/C12H16.HO3P/c1-3-11(4-2)10-12-8-6-5-7-9-12;1-4(2)3/h5-10H,3-4H2,1-2H3;(H-,1,2,3)/p+1. The molecule has 0 fully saturated rings. The van der Waals surface area contributed by atoms with Crippen molar-refractivity contribution < 1.29 is 14.4 Å². The van der Waals surface area contributed by atoms with Gasteiger partial charge in [-0.05, 0) is 18.4 Å². The first-order chi connectivity index (χ1) is 7.60. The Hall–Kier alpha value is -1.02. The summed E-state index contributed by atoms with van der Waals surface area (Å²) in [6.07, 6.45) is 4.59. The largest absolute Gasteiger partial charge is 0.692 e. The Morgan fingerprint density at radius 2 is 1.62 bits per heavy atom. The first-order valence-corrected chi connectivity index (χ1v) is 6.36. The van der Waals surface area contributed by atoms with Crippen LogP contribution in [-0.2, 0) is 4.57 Å². The minimum Gasteiger partial charge on any atom is -0.134 e. The van der Waals surface area contributed by atoms with Gasteiger partial charge in [0.25, 0.3) is 0 Å². The molecule has 0 amide bonds. The lowest BCUT2D eigenvalue weighted by atomic mass is 10.1. The van der Waals surface area contributed by atoms with Crippen LogP contribution in [0.2, 0.25) is 0 Å². The molecule has 0 radical (unpaired) electrons. The molecule has 0 spiro atoms. The summed E-state index contributed by atoms with van der Waals surface area (Å²) in [7, 11) is -2.87. The van der Waals surface area contributed by atoms with Crippen molar-refractivity contribution in [3.63, 3.8) is 0 Å². The Labute approximate surface area is 97.4 Å². The second-order valence-electron chi connectivity index (χ2n) is 3.17. The summed E-state index contributed by atoms with van der Waals surface area (Å²) < 4.78 is 8.70. The van der Waals surface area contributed by atoms with Crippen molar-refractivity contribution >= 4 is 14.3 Å². The van der Waals surface area contributed by atoms with E-state index in [9.17, 15) is 0 Å². The van der Waals surface area contributed by atoms with Crippen LogP contribution < -0.4 is 0 Å². The maximum atomic E-state index is 8.70. The fraction of sp³-hybridized carbons (Fsp3) is 0.333. The molecule has 1 rings (SSSR count). The Kier molecular flexibility index (Phi) is 8.64. The van der Waals surface area contributed by atoms with Crippen molar-refractivity contribution in [3.8, 4) is 0 Å². The quantitative estimate of drug-likeness (QED) is 0.796. The van der Waals surface area contributed by atoms with E-state index in [2.05, 4.69) is 50.3 Å². The van der Waals surface area contributed by atoms with Gasteiger partial charge in [-0.2, -0.15) is 0 Å². The molecule has 1 aromatic rings. The summed E-state index contributed by atoms with van der Waals surface area (Å²) in [5.74, 6) is 0. The van der Waals surface area contributed by atoms with Gasteiger partial charge in [-0.25, -0.2) is 0 Å². The monoisotopic (exact) mass is 241 g/mol. The van der Waals surface area contributed by atoms with Crippen LogP contribution in [0.1, 0.15) is 32.3 Å². The van der Waals surface area contributed by atoms with Gasteiger partial charge in [-0.1, -0.05) is 55.8 Å². The molecule has 0 bridgehead atoms. The molecule has 0 aliphatic carbocycles. The minimum atomic E-state index is -2.87. The van der Waals surface area contributed by atoms with Gasteiger partial charge in [-0.3, -0.25) is 0 Å². The van der Waals surface area contributed by atoms with Crippen molar-refractivity contribution in [2.45, 2.75) is 26.7 Å². The molecule has 1 aromatic carbocycles. The van der Waals surface area contributed by atoms with Crippen LogP contribution in [0.3, 0.4) is 0 Å². The molecule has 0 unspecified atom stereocenters. The fourth-order valence-corrected chi connectivity index (χ4v) is 1.24. The third-order valence-electron chi connectivity index (χ3n) is 2.08. The third kappa shape index (κ3) is 8.30. The lowest BCUT2D eigenvalue weighted by Gasteiger charge is -1.99. The maximum Gasteiger partial charge on any atom is 0.692 e. The first kappa shape index (κ1) is 15.0. The topological polar surface area (TPSA) is 57.5 Å². The van der Waals surface area contributed by atoms with Gasteiger partial charge in [-0.15, -0.1) is 9.79 Å². The molecule has 2 N–H and O–H groups in total. The predicted octanol–water partition coefficient (Wildman–Crippen LogP) is 3.52. The molecular weight excluding hydrogens is 223 g/mol. The summed E-state index contributed by atoms with van der Waals surface area (Å²) in [4.78, 5) is 14.2. The average molecular weight is 241 g/mol. The lowest BCUT2D eigenvalue weighted by molar-refractivity contribution is 0.405. The second kappa shape index (κ2) is 9.22. The summed E-state index contributed by atoms with van der Waals surface area (Å²) in [6.45, 7) is 4.41. The zero-order chi connectivity index (χ0) is 12.4. The molecule has 0 atom stereocenters. The van der Waals surface area contributed by atoms with E-state index in [1.807, 2.05) is 0 Å². The SMILES string of the molecule is CCC(=Cc1ccccc1)CC.O=[P+](O)O. The van der Waals surface area contributed by atoms with Gasteiger partial charge >= 0.3 is 8.25 Å². The minimum absolute atomic E-state index is 1.16. The molecule has 0 aliphatic heterocycles. The van der Waals surface area contributed by atoms with Crippen LogP contribution in [0.5, 0.6) is 0 Å². The molecule has 0 saturated heterocycles. The van der Waals surface area contributed by atoms with E-state index in [1.54, 1.807) is 0 Å². The van der Waals surface area contributed by atoms with Crippen LogP contribution in [0.15, 0.2) is 35.9 Å². The summed E-state index contributed by atoms with van der Waals surface area (Å²) in [6, 6.07) is 10.5. The van der Waals surface area contributed by atoms with E-state index in [-0.39, 0.29) is 0 Å². The number of hydrogen-bond acceptors (Lipinski definition) is 1. The van der Waals surface area contributed by atoms with Crippen LogP contribution in [0.4, 0.5) is 0 Å². The van der Waals surface area contributed by atoms with Gasteiger partial charge in [0.1, 0.15) is 0 Å². The number of benzene rings is 1. The van der Waals surface area contributed by atoms with E-state index >= 15 is 0 Å². The van der Waals surface area contributed by atoms with E-state index in [0.717, 1.165) is 12.8 Å². The van der Waals surface area contributed by atoms with Gasteiger partial charge < -0.3 is 0 Å². The Morgan fingerprint density at radius 3 is 2.00 bits per heavy atom. The van der Waals surface area contributed by atoms with Crippen LogP contribution in [0, 0.1) is 0 Å². The normalized spacial score (nSPS) is 8.75. The number of allylic oxidation sites excluding steroid dienone is 1. The third-order valence-corrected chi connectivity index (χ3v) is 2.08. The highest BCUT2D eigenvalue weighted by molar-refractivity contribution is 7.30. The Morgan fingerprint density at radius 1 is 1.19 bits per heavy atom. The molecule has 0 saturated carbocycles. The maximum absolute atomic E-state index is 8.70. The van der Waals surface area contributed by atoms with Crippen molar-refractivity contribution in [2.24, 2.45) is 0 Å². The van der Waals surface area contributed by atoms with Crippen molar-refractivity contribution in [2.75, 3.05) is 0 Å². The average Bonchev–Trinajstić information content (AvgIpc) is 2.26. The fourth-order valence-electron chi connectivity index (χ4n) is 1.24. The Bertz CT molecular complexity index is 323. The zero-order valence-electron chi connectivity index (χ0n) is 9.63.